The van der Waals surface area contributed by atoms with E-state index in [2.05, 4.69) is 15.9 Å². The van der Waals surface area contributed by atoms with E-state index >= 15 is 0 Å². The van der Waals surface area contributed by atoms with Gasteiger partial charge in [0, 0.05) is 32.7 Å². The molecule has 0 aromatic heterocycles. The van der Waals surface area contributed by atoms with Gasteiger partial charge in [-0.3, -0.25) is 0 Å². The summed E-state index contributed by atoms with van der Waals surface area (Å²) >= 11 is 3.35. The topological polar surface area (TPSA) is 27.7 Å². The molecule has 0 unspecified atom stereocenters. The van der Waals surface area contributed by atoms with E-state index in [-0.39, 0.29) is 0 Å². The number of halogens is 1. The number of hydrogen-bond acceptors (Lipinski definition) is 3. The van der Waals surface area contributed by atoms with Crippen molar-refractivity contribution in [2.75, 3.05) is 26.7 Å². The fourth-order valence-electron chi connectivity index (χ4n) is 0.840. The molecule has 0 bridgehead atoms. The molecule has 0 fully saturated rings. The average Bonchev–Trinajstić information content (AvgIpc) is 2.08. The van der Waals surface area contributed by atoms with E-state index in [1.165, 1.54) is 0 Å². The van der Waals surface area contributed by atoms with Crippen LogP contribution in [0.4, 0.5) is 0 Å². The van der Waals surface area contributed by atoms with Crippen molar-refractivity contribution in [2.45, 2.75) is 12.5 Å². The third-order valence-electron chi connectivity index (χ3n) is 1.55. The van der Waals surface area contributed by atoms with Crippen LogP contribution in [0.2, 0.25) is 6.04 Å². The van der Waals surface area contributed by atoms with E-state index in [9.17, 15) is 0 Å². The first-order valence-corrected chi connectivity index (χ1v) is 6.51. The molecule has 3 nitrogen and oxygen atoms in total. The van der Waals surface area contributed by atoms with Gasteiger partial charge in [-0.1, -0.05) is 15.9 Å². The highest BCUT2D eigenvalue weighted by atomic mass is 79.9. The molecular weight excluding hydrogens is 228 g/mol. The highest BCUT2D eigenvalue weighted by Crippen LogP contribution is 2.15. The molecule has 0 N–H and O–H groups in total. The van der Waals surface area contributed by atoms with Crippen molar-refractivity contribution < 1.29 is 13.3 Å². The van der Waals surface area contributed by atoms with Gasteiger partial charge in [0.15, 0.2) is 0 Å². The Kier molecular flexibility index (Phi) is 6.45. The van der Waals surface area contributed by atoms with Gasteiger partial charge in [-0.15, -0.1) is 0 Å². The Labute approximate surface area is 77.5 Å². The first-order chi connectivity index (χ1) is 5.24. The maximum Gasteiger partial charge on any atom is 0.500 e. The van der Waals surface area contributed by atoms with Crippen molar-refractivity contribution in [3.05, 3.63) is 0 Å². The van der Waals surface area contributed by atoms with E-state index in [0.29, 0.717) is 0 Å². The van der Waals surface area contributed by atoms with Crippen molar-refractivity contribution in [3.63, 3.8) is 0 Å². The molecule has 0 aliphatic carbocycles. The molecule has 0 atom stereocenters. The molecule has 68 valence electrons. The Morgan fingerprint density at radius 3 is 1.82 bits per heavy atom. The lowest BCUT2D eigenvalue weighted by Crippen LogP contribution is -2.42. The molecule has 0 aromatic carbocycles. The minimum absolute atomic E-state index is 0.863. The zero-order chi connectivity index (χ0) is 8.74. The van der Waals surface area contributed by atoms with Gasteiger partial charge in [0.25, 0.3) is 0 Å². The largest absolute Gasteiger partial charge is 0.500 e. The van der Waals surface area contributed by atoms with Gasteiger partial charge in [0.05, 0.1) is 0 Å². The van der Waals surface area contributed by atoms with Crippen molar-refractivity contribution in [3.8, 4) is 0 Å². The number of hydrogen-bond donors (Lipinski definition) is 0. The van der Waals surface area contributed by atoms with Crippen LogP contribution in [0.1, 0.15) is 6.42 Å². The molecule has 0 amide bonds. The molecule has 0 rings (SSSR count). The molecule has 0 aliphatic rings. The Bertz CT molecular complexity index is 89.6. The zero-order valence-electron chi connectivity index (χ0n) is 7.22. The Morgan fingerprint density at radius 2 is 1.55 bits per heavy atom. The highest BCUT2D eigenvalue weighted by Gasteiger charge is 2.36. The summed E-state index contributed by atoms with van der Waals surface area (Å²) in [6, 6.07) is 0.863. The lowest BCUT2D eigenvalue weighted by Gasteiger charge is -2.23. The molecule has 0 saturated carbocycles. The van der Waals surface area contributed by atoms with Gasteiger partial charge in [0.2, 0.25) is 0 Å². The van der Waals surface area contributed by atoms with Crippen molar-refractivity contribution in [2.24, 2.45) is 0 Å². The fraction of sp³-hybridized carbons (Fsp3) is 1.00. The van der Waals surface area contributed by atoms with Gasteiger partial charge >= 0.3 is 8.80 Å². The van der Waals surface area contributed by atoms with Crippen LogP contribution >= 0.6 is 15.9 Å². The quantitative estimate of drug-likeness (QED) is 0.524. The summed E-state index contributed by atoms with van der Waals surface area (Å²) in [6.07, 6.45) is 1.02. The minimum Gasteiger partial charge on any atom is -0.377 e. The lowest BCUT2D eigenvalue weighted by atomic mass is 10.6. The maximum absolute atomic E-state index is 5.21. The summed E-state index contributed by atoms with van der Waals surface area (Å²) in [5.74, 6) is 0. The molecule has 0 aliphatic heterocycles. The summed E-state index contributed by atoms with van der Waals surface area (Å²) < 4.78 is 15.6. The van der Waals surface area contributed by atoms with E-state index in [1.807, 2.05) is 0 Å². The van der Waals surface area contributed by atoms with E-state index in [4.69, 9.17) is 13.3 Å². The second-order valence-electron chi connectivity index (χ2n) is 2.09. The summed E-state index contributed by atoms with van der Waals surface area (Å²) in [7, 11) is 2.63. The monoisotopic (exact) mass is 242 g/mol. The van der Waals surface area contributed by atoms with Gasteiger partial charge < -0.3 is 13.3 Å². The maximum atomic E-state index is 5.21. The summed E-state index contributed by atoms with van der Waals surface area (Å²) in [6.45, 7) is 0. The van der Waals surface area contributed by atoms with Gasteiger partial charge in [-0.05, 0) is 6.42 Å². The third-order valence-corrected chi connectivity index (χ3v) is 4.94. The van der Waals surface area contributed by atoms with Crippen molar-refractivity contribution >= 4 is 24.7 Å². The molecule has 0 heterocycles. The minimum atomic E-state index is -2.27. The van der Waals surface area contributed by atoms with Crippen molar-refractivity contribution in [1.29, 1.82) is 0 Å². The normalized spacial score (nSPS) is 12.0. The number of alkyl halides is 1. The van der Waals surface area contributed by atoms with Gasteiger partial charge in [0.1, 0.15) is 0 Å². The molecule has 0 saturated heterocycles. The SMILES string of the molecule is CO[Si](CCCBr)(OC)OC. The average molecular weight is 243 g/mol. The lowest BCUT2D eigenvalue weighted by molar-refractivity contribution is 0.123. The smallest absolute Gasteiger partial charge is 0.377 e. The van der Waals surface area contributed by atoms with E-state index in [0.717, 1.165) is 17.8 Å². The number of rotatable bonds is 6. The van der Waals surface area contributed by atoms with Crippen LogP contribution in [0.15, 0.2) is 0 Å². The molecule has 0 radical (unpaired) electrons. The summed E-state index contributed by atoms with van der Waals surface area (Å²) in [5, 5.41) is 0.956. The Morgan fingerprint density at radius 1 is 1.09 bits per heavy atom. The molecule has 0 spiro atoms. The summed E-state index contributed by atoms with van der Waals surface area (Å²) in [4.78, 5) is 0. The second kappa shape index (κ2) is 6.13. The first-order valence-electron chi connectivity index (χ1n) is 3.46. The first kappa shape index (κ1) is 11.6. The standard InChI is InChI=1S/C6H15BrO3Si/c1-8-11(9-2,10-3)6-4-5-7/h4-6H2,1-3H3. The van der Waals surface area contributed by atoms with Crippen LogP contribution in [0, 0.1) is 0 Å². The third kappa shape index (κ3) is 3.66. The highest BCUT2D eigenvalue weighted by molar-refractivity contribution is 9.09. The molecule has 11 heavy (non-hydrogen) atoms. The second-order valence-corrected chi connectivity index (χ2v) is 5.97. The zero-order valence-corrected chi connectivity index (χ0v) is 9.81. The van der Waals surface area contributed by atoms with Crippen LogP contribution < -0.4 is 0 Å². The van der Waals surface area contributed by atoms with Crippen LogP contribution in [0.25, 0.3) is 0 Å². The summed E-state index contributed by atoms with van der Waals surface area (Å²) in [5.41, 5.74) is 0. The van der Waals surface area contributed by atoms with Crippen molar-refractivity contribution in [1.82, 2.24) is 0 Å². The van der Waals surface area contributed by atoms with Crippen LogP contribution in [0.3, 0.4) is 0 Å². The van der Waals surface area contributed by atoms with Gasteiger partial charge in [-0.2, -0.15) is 0 Å². The van der Waals surface area contributed by atoms with E-state index in [1.54, 1.807) is 21.3 Å². The predicted molar refractivity (Wildman–Crippen MR) is 50.0 cm³/mol. The molecular formula is C6H15BrO3Si. The predicted octanol–water partition coefficient (Wildman–Crippen LogP) is 1.65. The van der Waals surface area contributed by atoms with Gasteiger partial charge in [-0.25, -0.2) is 0 Å². The fourth-order valence-corrected chi connectivity index (χ4v) is 3.36. The van der Waals surface area contributed by atoms with Crippen LogP contribution in [-0.2, 0) is 13.3 Å². The van der Waals surface area contributed by atoms with Crippen LogP contribution in [0.5, 0.6) is 0 Å². The van der Waals surface area contributed by atoms with E-state index < -0.39 is 8.80 Å². The Balaban J connectivity index is 3.84. The Hall–Kier alpha value is 0.577. The molecule has 0 aromatic rings. The van der Waals surface area contributed by atoms with Crippen LogP contribution in [-0.4, -0.2) is 35.5 Å². The molecule has 5 heteroatoms.